The molecular weight excluding hydrogens is 294 g/mol. The first-order valence-electron chi connectivity index (χ1n) is 7.14. The van der Waals surface area contributed by atoms with Crippen LogP contribution in [0, 0.1) is 23.7 Å². The number of nitrogens with one attached hydrogen (secondary N) is 1. The summed E-state index contributed by atoms with van der Waals surface area (Å²) in [5.41, 5.74) is -0.773. The quantitative estimate of drug-likeness (QED) is 0.725. The van der Waals surface area contributed by atoms with Gasteiger partial charge in [0.2, 0.25) is 5.91 Å². The number of allylic oxidation sites excluding steroid dienone is 2. The van der Waals surface area contributed by atoms with Gasteiger partial charge in [0.05, 0.1) is 28.9 Å². The number of carboxylic acids is 1. The lowest BCUT2D eigenvalue weighted by Crippen LogP contribution is -2.51. The third kappa shape index (κ3) is 2.47. The molecule has 0 aromatic carbocycles. The summed E-state index contributed by atoms with van der Waals surface area (Å²) in [4.78, 5) is 23.9. The van der Waals surface area contributed by atoms with E-state index in [2.05, 4.69) is 5.32 Å². The Labute approximate surface area is 123 Å². The molecule has 0 spiro atoms. The van der Waals surface area contributed by atoms with Gasteiger partial charge in [0.15, 0.2) is 9.84 Å². The summed E-state index contributed by atoms with van der Waals surface area (Å²) in [6.07, 6.45) is 4.89. The van der Waals surface area contributed by atoms with Gasteiger partial charge < -0.3 is 10.4 Å². The Kier molecular flexibility index (Phi) is 3.16. The van der Waals surface area contributed by atoms with Crippen molar-refractivity contribution in [1.82, 2.24) is 5.32 Å². The number of carbonyl (C=O) groups is 2. The fourth-order valence-corrected chi connectivity index (χ4v) is 6.10. The molecule has 2 fully saturated rings. The highest BCUT2D eigenvalue weighted by atomic mass is 32.2. The molecule has 3 rings (SSSR count). The van der Waals surface area contributed by atoms with Crippen LogP contribution in [0.5, 0.6) is 0 Å². The van der Waals surface area contributed by atoms with Crippen molar-refractivity contribution in [3.05, 3.63) is 12.2 Å². The number of aliphatic carboxylic acids is 1. The molecule has 2 aliphatic carbocycles. The number of fused-ring (bicyclic) bond motifs is 2. The zero-order valence-electron chi connectivity index (χ0n) is 11.8. The third-order valence-electron chi connectivity index (χ3n) is 4.98. The van der Waals surface area contributed by atoms with E-state index in [1.165, 1.54) is 0 Å². The Bertz CT molecular complexity index is 625. The molecule has 6 nitrogen and oxygen atoms in total. The highest BCUT2D eigenvalue weighted by Gasteiger charge is 2.53. The van der Waals surface area contributed by atoms with Gasteiger partial charge in [0.1, 0.15) is 0 Å². The second kappa shape index (κ2) is 4.56. The maximum Gasteiger partial charge on any atom is 0.307 e. The van der Waals surface area contributed by atoms with Crippen molar-refractivity contribution in [2.75, 3.05) is 11.5 Å². The first-order valence-corrected chi connectivity index (χ1v) is 8.96. The minimum absolute atomic E-state index is 0.0438. The lowest BCUT2D eigenvalue weighted by Gasteiger charge is -2.30. The largest absolute Gasteiger partial charge is 0.481 e. The molecular formula is C14H19NO5S. The topological polar surface area (TPSA) is 101 Å². The van der Waals surface area contributed by atoms with Crippen LogP contribution in [-0.2, 0) is 19.4 Å². The Morgan fingerprint density at radius 2 is 1.86 bits per heavy atom. The maximum absolute atomic E-state index is 12.5. The highest BCUT2D eigenvalue weighted by Crippen LogP contribution is 2.48. The van der Waals surface area contributed by atoms with E-state index in [0.29, 0.717) is 12.8 Å². The number of carbonyl (C=O) groups excluding carboxylic acids is 1. The van der Waals surface area contributed by atoms with E-state index < -0.39 is 33.2 Å². The van der Waals surface area contributed by atoms with Crippen molar-refractivity contribution in [3.63, 3.8) is 0 Å². The Morgan fingerprint density at radius 3 is 2.38 bits per heavy atom. The molecule has 2 bridgehead atoms. The predicted octanol–water partition coefficient (Wildman–Crippen LogP) is 0.203. The predicted molar refractivity (Wildman–Crippen MR) is 75.2 cm³/mol. The minimum Gasteiger partial charge on any atom is -0.481 e. The van der Waals surface area contributed by atoms with E-state index in [9.17, 15) is 23.1 Å². The fourth-order valence-electron chi connectivity index (χ4n) is 4.01. The zero-order chi connectivity index (χ0) is 15.4. The van der Waals surface area contributed by atoms with Crippen LogP contribution in [0.1, 0.15) is 19.8 Å². The Balaban J connectivity index is 1.77. The lowest BCUT2D eigenvalue weighted by atomic mass is 9.82. The van der Waals surface area contributed by atoms with Gasteiger partial charge in [0.25, 0.3) is 0 Å². The zero-order valence-corrected chi connectivity index (χ0v) is 12.6. The average Bonchev–Trinajstić information content (AvgIpc) is 3.01. The number of carboxylic acid groups (broad SMARTS) is 1. The molecule has 5 atom stereocenters. The van der Waals surface area contributed by atoms with Gasteiger partial charge in [-0.2, -0.15) is 0 Å². The summed E-state index contributed by atoms with van der Waals surface area (Å²) in [5, 5.41) is 12.2. The summed E-state index contributed by atoms with van der Waals surface area (Å²) >= 11 is 0. The molecule has 0 aromatic rings. The van der Waals surface area contributed by atoms with Gasteiger partial charge in [-0.25, -0.2) is 8.42 Å². The van der Waals surface area contributed by atoms with Crippen LogP contribution in [0.25, 0.3) is 0 Å². The van der Waals surface area contributed by atoms with Crippen LogP contribution in [0.2, 0.25) is 0 Å². The molecule has 1 aliphatic heterocycles. The van der Waals surface area contributed by atoms with E-state index >= 15 is 0 Å². The van der Waals surface area contributed by atoms with Gasteiger partial charge in [-0.15, -0.1) is 0 Å². The number of sulfone groups is 1. The number of hydrogen-bond donors (Lipinski definition) is 2. The summed E-state index contributed by atoms with van der Waals surface area (Å²) in [7, 11) is -3.11. The van der Waals surface area contributed by atoms with E-state index in [1.54, 1.807) is 6.92 Å². The monoisotopic (exact) mass is 313 g/mol. The normalized spacial score (nSPS) is 43.1. The van der Waals surface area contributed by atoms with E-state index in [0.717, 1.165) is 0 Å². The minimum atomic E-state index is -3.11. The molecule has 0 aromatic heterocycles. The third-order valence-corrected chi connectivity index (χ3v) is 6.88. The summed E-state index contributed by atoms with van der Waals surface area (Å²) in [6, 6.07) is 0. The number of hydrogen-bond acceptors (Lipinski definition) is 4. The van der Waals surface area contributed by atoms with E-state index in [4.69, 9.17) is 0 Å². The van der Waals surface area contributed by atoms with Crippen molar-refractivity contribution >= 4 is 21.7 Å². The lowest BCUT2D eigenvalue weighted by molar-refractivity contribution is -0.148. The smallest absolute Gasteiger partial charge is 0.307 e. The van der Waals surface area contributed by atoms with E-state index in [1.807, 2.05) is 12.2 Å². The summed E-state index contributed by atoms with van der Waals surface area (Å²) in [5.74, 6) is -2.67. The second-order valence-corrected chi connectivity index (χ2v) is 8.91. The van der Waals surface area contributed by atoms with Crippen LogP contribution in [0.15, 0.2) is 12.2 Å². The molecule has 21 heavy (non-hydrogen) atoms. The van der Waals surface area contributed by atoms with E-state index in [-0.39, 0.29) is 29.2 Å². The van der Waals surface area contributed by atoms with Gasteiger partial charge in [0, 0.05) is 0 Å². The van der Waals surface area contributed by atoms with Gasteiger partial charge in [-0.05, 0) is 31.6 Å². The van der Waals surface area contributed by atoms with Crippen molar-refractivity contribution in [2.24, 2.45) is 23.7 Å². The summed E-state index contributed by atoms with van der Waals surface area (Å²) in [6.45, 7) is 1.72. The van der Waals surface area contributed by atoms with Crippen LogP contribution in [0.4, 0.5) is 0 Å². The molecule has 1 amide bonds. The molecule has 3 aliphatic rings. The SMILES string of the molecule is C[C@]1(NC(=O)[C@H]2[C@@H](C(=O)O)[C@H]3C=C[C@H]2C3)CCS(=O)(=O)C1. The van der Waals surface area contributed by atoms with Crippen LogP contribution in [-0.4, -0.2) is 42.4 Å². The first kappa shape index (κ1) is 14.6. The van der Waals surface area contributed by atoms with Crippen molar-refractivity contribution in [2.45, 2.75) is 25.3 Å². The fraction of sp³-hybridized carbons (Fsp3) is 0.714. The van der Waals surface area contributed by atoms with Crippen molar-refractivity contribution in [1.29, 1.82) is 0 Å². The standard InChI is InChI=1S/C14H19NO5S/c1-14(4-5-21(19,20)7-14)15-12(16)10-8-2-3-9(6-8)11(10)13(17)18/h2-3,8-11H,4-7H2,1H3,(H,15,16)(H,17,18)/t8-,9-,10+,11-,14-/m0/s1. The van der Waals surface area contributed by atoms with Crippen molar-refractivity contribution < 1.29 is 23.1 Å². The van der Waals surface area contributed by atoms with Gasteiger partial charge in [-0.3, -0.25) is 9.59 Å². The molecule has 1 saturated carbocycles. The van der Waals surface area contributed by atoms with Crippen LogP contribution in [0.3, 0.4) is 0 Å². The Hall–Kier alpha value is -1.37. The molecule has 0 unspecified atom stereocenters. The molecule has 7 heteroatoms. The number of rotatable bonds is 3. The number of amides is 1. The second-order valence-electron chi connectivity index (χ2n) is 6.73. The molecule has 1 heterocycles. The van der Waals surface area contributed by atoms with Crippen LogP contribution < -0.4 is 5.32 Å². The first-order chi connectivity index (χ1) is 9.71. The Morgan fingerprint density at radius 1 is 1.24 bits per heavy atom. The summed E-state index contributed by atoms with van der Waals surface area (Å²) < 4.78 is 23.2. The average molecular weight is 313 g/mol. The maximum atomic E-state index is 12.5. The van der Waals surface area contributed by atoms with Crippen LogP contribution >= 0.6 is 0 Å². The highest BCUT2D eigenvalue weighted by molar-refractivity contribution is 7.91. The molecule has 116 valence electrons. The van der Waals surface area contributed by atoms with Gasteiger partial charge in [-0.1, -0.05) is 12.2 Å². The molecule has 1 saturated heterocycles. The van der Waals surface area contributed by atoms with Gasteiger partial charge >= 0.3 is 5.97 Å². The molecule has 2 N–H and O–H groups in total. The van der Waals surface area contributed by atoms with Crippen molar-refractivity contribution in [3.8, 4) is 0 Å². The molecule has 0 radical (unpaired) electrons.